The van der Waals surface area contributed by atoms with Crippen molar-refractivity contribution in [2.45, 2.75) is 49.8 Å². The van der Waals surface area contributed by atoms with Crippen molar-refractivity contribution in [2.24, 2.45) is 16.0 Å². The number of amidine groups is 1. The number of fused-ring (bicyclic) bond motifs is 2. The average molecular weight is 516 g/mol. The lowest BCUT2D eigenvalue weighted by Crippen LogP contribution is -2.52. The van der Waals surface area contributed by atoms with Crippen LogP contribution in [0.1, 0.15) is 55.5 Å². The molecule has 0 aromatic heterocycles. The zero-order valence-electron chi connectivity index (χ0n) is 19.8. The lowest BCUT2D eigenvalue weighted by atomic mass is 9.60. The fourth-order valence-corrected chi connectivity index (χ4v) is 6.26. The lowest BCUT2D eigenvalue weighted by Gasteiger charge is -2.41. The smallest absolute Gasteiger partial charge is 0.286 e. The number of halogens is 1. The van der Waals surface area contributed by atoms with Gasteiger partial charge in [0, 0.05) is 11.6 Å². The molecule has 0 radical (unpaired) electrons. The molecule has 2 aromatic carbocycles. The quantitative estimate of drug-likeness (QED) is 0.514. The number of Topliss-reactive ketones (excluding diaryl/α,β-unsaturated/α-hetero) is 2. The minimum Gasteiger partial charge on any atom is -0.484 e. The van der Waals surface area contributed by atoms with Gasteiger partial charge in [-0.15, -0.1) is 4.40 Å². The number of ether oxygens (including phenoxy) is 1. The molecule has 1 heterocycles. The van der Waals surface area contributed by atoms with Crippen LogP contribution in [0.5, 0.6) is 5.75 Å². The van der Waals surface area contributed by atoms with Crippen LogP contribution in [0.2, 0.25) is 0 Å². The van der Waals surface area contributed by atoms with E-state index < -0.39 is 51.3 Å². The highest BCUT2D eigenvalue weighted by atomic mass is 32.2. The van der Waals surface area contributed by atoms with E-state index in [9.17, 15) is 27.2 Å². The summed E-state index contributed by atoms with van der Waals surface area (Å²) < 4.78 is 49.3. The Morgan fingerprint density at radius 2 is 1.83 bits per heavy atom. The van der Waals surface area contributed by atoms with Gasteiger partial charge in [-0.25, -0.2) is 4.39 Å². The SMILES string of the molecule is CCCC1(CCC)C(=O)C(C2=NS(=O)(=O)c3cc(OCC(N)=O)ccc3N2)C(=O)c2cc(F)ccc21. The number of rotatable bonds is 8. The van der Waals surface area contributed by atoms with Gasteiger partial charge < -0.3 is 15.8 Å². The number of carbonyl (C=O) groups is 3. The van der Waals surface area contributed by atoms with Crippen molar-refractivity contribution in [3.63, 3.8) is 0 Å². The maximum atomic E-state index is 14.2. The molecule has 0 saturated heterocycles. The van der Waals surface area contributed by atoms with Crippen LogP contribution in [-0.2, 0) is 25.0 Å². The number of sulfonamides is 1. The Bertz CT molecular complexity index is 1400. The zero-order valence-corrected chi connectivity index (χ0v) is 20.7. The van der Waals surface area contributed by atoms with Crippen molar-refractivity contribution < 1.29 is 31.9 Å². The lowest BCUT2D eigenvalue weighted by molar-refractivity contribution is -0.126. The molecular formula is C25H26FN3O6S. The Balaban J connectivity index is 1.82. The largest absolute Gasteiger partial charge is 0.484 e. The van der Waals surface area contributed by atoms with Crippen LogP contribution in [0.3, 0.4) is 0 Å². The standard InChI is InChI=1S/C25H26FN3O6S/c1-3-9-25(10-4-2)17-7-5-14(26)11-16(17)22(31)21(23(25)32)24-28-18-8-6-15(35-13-20(27)30)12-19(18)36(33,34)29-24/h5-8,11-12,21H,3-4,9-10,13H2,1-2H3,(H2,27,30)(H,28,29). The third kappa shape index (κ3) is 4.27. The van der Waals surface area contributed by atoms with E-state index in [1.807, 2.05) is 13.8 Å². The molecule has 1 atom stereocenters. The second-order valence-corrected chi connectivity index (χ2v) is 10.5. The van der Waals surface area contributed by atoms with Crippen molar-refractivity contribution >= 4 is 39.0 Å². The predicted octanol–water partition coefficient (Wildman–Crippen LogP) is 3.12. The van der Waals surface area contributed by atoms with Crippen LogP contribution in [0.25, 0.3) is 0 Å². The molecule has 3 N–H and O–H groups in total. The Morgan fingerprint density at radius 3 is 2.47 bits per heavy atom. The number of primary amides is 1. The maximum Gasteiger partial charge on any atom is 0.286 e. The third-order valence-corrected chi connectivity index (χ3v) is 7.81. The van der Waals surface area contributed by atoms with E-state index >= 15 is 0 Å². The van der Waals surface area contributed by atoms with Crippen molar-refractivity contribution in [3.05, 3.63) is 53.3 Å². The molecule has 0 bridgehead atoms. The van der Waals surface area contributed by atoms with E-state index in [0.717, 1.165) is 6.07 Å². The molecule has 2 aliphatic rings. The number of amides is 1. The summed E-state index contributed by atoms with van der Waals surface area (Å²) in [4.78, 5) is 38.3. The summed E-state index contributed by atoms with van der Waals surface area (Å²) in [7, 11) is -4.35. The molecule has 0 spiro atoms. The van der Waals surface area contributed by atoms with Crippen LogP contribution in [-0.4, -0.2) is 38.3 Å². The summed E-state index contributed by atoms with van der Waals surface area (Å²) in [6, 6.07) is 7.79. The number of ketones is 2. The van der Waals surface area contributed by atoms with E-state index in [1.54, 1.807) is 0 Å². The number of benzene rings is 2. The van der Waals surface area contributed by atoms with E-state index in [1.165, 1.54) is 30.3 Å². The van der Waals surface area contributed by atoms with Gasteiger partial charge in [0.25, 0.3) is 15.9 Å². The summed E-state index contributed by atoms with van der Waals surface area (Å²) in [6.45, 7) is 3.38. The molecule has 1 amide bonds. The average Bonchev–Trinajstić information content (AvgIpc) is 2.81. The van der Waals surface area contributed by atoms with Crippen LogP contribution in [0, 0.1) is 11.7 Å². The van der Waals surface area contributed by atoms with Gasteiger partial charge in [0.15, 0.2) is 18.2 Å². The zero-order chi connectivity index (χ0) is 26.3. The summed E-state index contributed by atoms with van der Waals surface area (Å²) >= 11 is 0. The van der Waals surface area contributed by atoms with Gasteiger partial charge in [-0.1, -0.05) is 32.8 Å². The first-order valence-corrected chi connectivity index (χ1v) is 13.0. The summed E-state index contributed by atoms with van der Waals surface area (Å²) in [5.41, 5.74) is 4.60. The van der Waals surface area contributed by atoms with Gasteiger partial charge in [0.1, 0.15) is 28.2 Å². The van der Waals surface area contributed by atoms with Gasteiger partial charge in [0.2, 0.25) is 0 Å². The van der Waals surface area contributed by atoms with Crippen molar-refractivity contribution in [3.8, 4) is 5.75 Å². The number of nitrogens with zero attached hydrogens (tertiary/aromatic N) is 1. The van der Waals surface area contributed by atoms with Gasteiger partial charge >= 0.3 is 0 Å². The summed E-state index contributed by atoms with van der Waals surface area (Å²) in [6.07, 6.45) is 2.08. The van der Waals surface area contributed by atoms with E-state index in [2.05, 4.69) is 9.71 Å². The first kappa shape index (κ1) is 25.5. The Labute approximate surface area is 208 Å². The molecule has 36 heavy (non-hydrogen) atoms. The first-order valence-electron chi connectivity index (χ1n) is 11.6. The monoisotopic (exact) mass is 515 g/mol. The molecule has 0 saturated carbocycles. The number of nitrogens with two attached hydrogens (primary N) is 1. The third-order valence-electron chi connectivity index (χ3n) is 6.48. The maximum absolute atomic E-state index is 14.2. The van der Waals surface area contributed by atoms with E-state index in [4.69, 9.17) is 10.5 Å². The number of anilines is 1. The molecule has 4 rings (SSSR count). The van der Waals surface area contributed by atoms with Gasteiger partial charge in [-0.3, -0.25) is 14.4 Å². The van der Waals surface area contributed by atoms with Gasteiger partial charge in [0.05, 0.1) is 11.1 Å². The minimum atomic E-state index is -4.35. The second kappa shape index (κ2) is 9.45. The summed E-state index contributed by atoms with van der Waals surface area (Å²) in [5, 5.41) is 2.83. The molecular weight excluding hydrogens is 489 g/mol. The molecule has 11 heteroatoms. The van der Waals surface area contributed by atoms with Crippen molar-refractivity contribution in [1.29, 1.82) is 0 Å². The van der Waals surface area contributed by atoms with Crippen LogP contribution < -0.4 is 15.8 Å². The molecule has 0 fully saturated rings. The highest BCUT2D eigenvalue weighted by Gasteiger charge is 2.53. The number of carbonyl (C=O) groups excluding carboxylic acids is 3. The minimum absolute atomic E-state index is 0.0596. The van der Waals surface area contributed by atoms with Crippen LogP contribution in [0.4, 0.5) is 10.1 Å². The van der Waals surface area contributed by atoms with E-state index in [0.29, 0.717) is 31.2 Å². The molecule has 2 aromatic rings. The van der Waals surface area contributed by atoms with E-state index in [-0.39, 0.29) is 27.7 Å². The molecule has 190 valence electrons. The topological polar surface area (TPSA) is 145 Å². The fourth-order valence-electron chi connectivity index (χ4n) is 5.09. The predicted molar refractivity (Wildman–Crippen MR) is 130 cm³/mol. The highest BCUT2D eigenvalue weighted by Crippen LogP contribution is 2.45. The number of hydrogen-bond donors (Lipinski definition) is 2. The molecule has 1 aliphatic carbocycles. The Hall–Kier alpha value is -3.60. The van der Waals surface area contributed by atoms with Crippen molar-refractivity contribution in [2.75, 3.05) is 11.9 Å². The van der Waals surface area contributed by atoms with Crippen molar-refractivity contribution in [1.82, 2.24) is 0 Å². The first-order chi connectivity index (χ1) is 17.0. The fraction of sp³-hybridized carbons (Fsp3) is 0.360. The number of hydrogen-bond acceptors (Lipinski definition) is 7. The van der Waals surface area contributed by atoms with Crippen LogP contribution in [0.15, 0.2) is 45.7 Å². The highest BCUT2D eigenvalue weighted by molar-refractivity contribution is 7.90. The van der Waals surface area contributed by atoms with Gasteiger partial charge in [-0.2, -0.15) is 8.42 Å². The number of nitrogens with one attached hydrogen (secondary N) is 1. The molecule has 9 nitrogen and oxygen atoms in total. The second-order valence-electron chi connectivity index (χ2n) is 8.92. The summed E-state index contributed by atoms with van der Waals surface area (Å²) in [5.74, 6) is -4.30. The van der Waals surface area contributed by atoms with Crippen LogP contribution >= 0.6 is 0 Å². The molecule has 1 aliphatic heterocycles. The normalized spacial score (nSPS) is 19.5. The molecule has 1 unspecified atom stereocenters. The Kier molecular flexibility index (Phi) is 6.70. The van der Waals surface area contributed by atoms with Gasteiger partial charge in [-0.05, 0) is 42.7 Å². The Morgan fingerprint density at radius 1 is 1.14 bits per heavy atom.